The second-order valence-electron chi connectivity index (χ2n) is 5.96. The highest BCUT2D eigenvalue weighted by molar-refractivity contribution is 5.46. The number of hydrogen-bond donors (Lipinski definition) is 0. The van der Waals surface area contributed by atoms with Gasteiger partial charge in [0.1, 0.15) is 11.9 Å². The summed E-state index contributed by atoms with van der Waals surface area (Å²) in [5, 5.41) is 12.8. The second-order valence-corrected chi connectivity index (χ2v) is 5.96. The normalized spacial score (nSPS) is 21.7. The topological polar surface area (TPSA) is 55.5 Å². The monoisotopic (exact) mass is 309 g/mol. The van der Waals surface area contributed by atoms with Crippen molar-refractivity contribution >= 4 is 11.5 Å². The number of rotatable bonds is 2. The van der Waals surface area contributed by atoms with E-state index < -0.39 is 0 Å². The summed E-state index contributed by atoms with van der Waals surface area (Å²) in [5.41, 5.74) is 1.97. The molecule has 6 nitrogen and oxygen atoms in total. The van der Waals surface area contributed by atoms with Gasteiger partial charge in [-0.15, -0.1) is 15.3 Å². The third-order valence-electron chi connectivity index (χ3n) is 4.16. The summed E-state index contributed by atoms with van der Waals surface area (Å²) in [5.74, 6) is 1.72. The summed E-state index contributed by atoms with van der Waals surface area (Å²) >= 11 is 0. The van der Waals surface area contributed by atoms with Crippen molar-refractivity contribution in [1.29, 1.82) is 0 Å². The molecule has 0 amide bonds. The zero-order chi connectivity index (χ0) is 15.8. The van der Waals surface area contributed by atoms with Gasteiger partial charge < -0.3 is 9.64 Å². The van der Waals surface area contributed by atoms with Gasteiger partial charge in [0.05, 0.1) is 6.10 Å². The molecule has 2 atom stereocenters. The molecule has 0 aliphatic carbocycles. The van der Waals surface area contributed by atoms with Crippen molar-refractivity contribution in [3.8, 4) is 0 Å². The van der Waals surface area contributed by atoms with Gasteiger partial charge in [0.25, 0.3) is 0 Å². The molecule has 0 bridgehead atoms. The Labute approximate surface area is 134 Å². The van der Waals surface area contributed by atoms with Crippen molar-refractivity contribution in [2.75, 3.05) is 18.0 Å². The minimum atomic E-state index is 0.0551. The molecule has 2 unspecified atom stereocenters. The van der Waals surface area contributed by atoms with Gasteiger partial charge in [-0.05, 0) is 31.5 Å². The van der Waals surface area contributed by atoms with Crippen LogP contribution >= 0.6 is 0 Å². The average Bonchev–Trinajstić information content (AvgIpc) is 2.96. The van der Waals surface area contributed by atoms with Gasteiger partial charge in [-0.25, -0.2) is 0 Å². The molecule has 1 aromatic carbocycles. The average molecular weight is 309 g/mol. The van der Waals surface area contributed by atoms with Crippen molar-refractivity contribution < 1.29 is 4.74 Å². The molecule has 118 valence electrons. The molecule has 4 rings (SSSR count). The Morgan fingerprint density at radius 1 is 1.04 bits per heavy atom. The molecule has 6 heteroatoms. The van der Waals surface area contributed by atoms with Crippen LogP contribution in [-0.2, 0) is 4.74 Å². The molecule has 3 heterocycles. The Balaban J connectivity index is 1.65. The van der Waals surface area contributed by atoms with Gasteiger partial charge in [-0.3, -0.25) is 0 Å². The fourth-order valence-corrected chi connectivity index (χ4v) is 3.05. The van der Waals surface area contributed by atoms with Crippen molar-refractivity contribution in [3.63, 3.8) is 0 Å². The SMILES string of the molecule is Cc1nnc2ccc(N3CC(C)OC(c4ccccc4)C3)nn12. The maximum Gasteiger partial charge on any atom is 0.178 e. The van der Waals surface area contributed by atoms with Gasteiger partial charge in [-0.2, -0.15) is 4.52 Å². The molecule has 1 saturated heterocycles. The van der Waals surface area contributed by atoms with Gasteiger partial charge in [0.2, 0.25) is 0 Å². The van der Waals surface area contributed by atoms with E-state index in [1.54, 1.807) is 4.52 Å². The first-order valence-electron chi connectivity index (χ1n) is 7.85. The van der Waals surface area contributed by atoms with Crippen LogP contribution < -0.4 is 4.90 Å². The molecule has 23 heavy (non-hydrogen) atoms. The van der Waals surface area contributed by atoms with Crippen LogP contribution in [0, 0.1) is 6.92 Å². The number of hydrogen-bond acceptors (Lipinski definition) is 5. The van der Waals surface area contributed by atoms with Crippen LogP contribution in [-0.4, -0.2) is 39.0 Å². The van der Waals surface area contributed by atoms with Crippen LogP contribution in [0.1, 0.15) is 24.4 Å². The highest BCUT2D eigenvalue weighted by atomic mass is 16.5. The van der Waals surface area contributed by atoms with Gasteiger partial charge in [-0.1, -0.05) is 30.3 Å². The fraction of sp³-hybridized carbons (Fsp3) is 0.353. The van der Waals surface area contributed by atoms with E-state index in [2.05, 4.69) is 39.3 Å². The summed E-state index contributed by atoms with van der Waals surface area (Å²) in [6.45, 7) is 5.62. The number of morpholine rings is 1. The minimum Gasteiger partial charge on any atom is -0.367 e. The van der Waals surface area contributed by atoms with Crippen LogP contribution in [0.2, 0.25) is 0 Å². The first-order valence-corrected chi connectivity index (χ1v) is 7.85. The number of nitrogens with zero attached hydrogens (tertiary/aromatic N) is 5. The Bertz CT molecular complexity index is 816. The highest BCUT2D eigenvalue weighted by Crippen LogP contribution is 2.27. The third kappa shape index (κ3) is 2.66. The number of benzene rings is 1. The largest absolute Gasteiger partial charge is 0.367 e. The minimum absolute atomic E-state index is 0.0551. The van der Waals surface area contributed by atoms with Crippen LogP contribution in [0.4, 0.5) is 5.82 Å². The Hall–Kier alpha value is -2.47. The number of ether oxygens (including phenoxy) is 1. The lowest BCUT2D eigenvalue weighted by Crippen LogP contribution is -2.43. The summed E-state index contributed by atoms with van der Waals surface area (Å²) < 4.78 is 7.90. The van der Waals surface area contributed by atoms with E-state index in [0.717, 1.165) is 30.4 Å². The van der Waals surface area contributed by atoms with Gasteiger partial charge in [0.15, 0.2) is 11.5 Å². The molecule has 0 saturated carbocycles. The smallest absolute Gasteiger partial charge is 0.178 e. The summed E-state index contributed by atoms with van der Waals surface area (Å²) in [6.07, 6.45) is 0.202. The number of aromatic nitrogens is 4. The number of aryl methyl sites for hydroxylation is 1. The first-order chi connectivity index (χ1) is 11.2. The van der Waals surface area contributed by atoms with Crippen molar-refractivity contribution in [2.45, 2.75) is 26.1 Å². The van der Waals surface area contributed by atoms with E-state index in [1.807, 2.05) is 37.3 Å². The fourth-order valence-electron chi connectivity index (χ4n) is 3.05. The molecule has 0 spiro atoms. The van der Waals surface area contributed by atoms with E-state index in [1.165, 1.54) is 5.56 Å². The molecule has 1 aliphatic heterocycles. The quantitative estimate of drug-likeness (QED) is 0.727. The molecular weight excluding hydrogens is 290 g/mol. The summed E-state index contributed by atoms with van der Waals surface area (Å²) in [6, 6.07) is 14.3. The van der Waals surface area contributed by atoms with Crippen LogP contribution in [0.5, 0.6) is 0 Å². The summed E-state index contributed by atoms with van der Waals surface area (Å²) in [4.78, 5) is 2.27. The van der Waals surface area contributed by atoms with Gasteiger partial charge >= 0.3 is 0 Å². The predicted molar refractivity (Wildman–Crippen MR) is 87.5 cm³/mol. The Morgan fingerprint density at radius 2 is 1.87 bits per heavy atom. The lowest BCUT2D eigenvalue weighted by Gasteiger charge is -2.37. The van der Waals surface area contributed by atoms with Crippen molar-refractivity contribution in [2.24, 2.45) is 0 Å². The van der Waals surface area contributed by atoms with E-state index in [9.17, 15) is 0 Å². The van der Waals surface area contributed by atoms with E-state index in [-0.39, 0.29) is 12.2 Å². The predicted octanol–water partition coefficient (Wildman–Crippen LogP) is 2.40. The maximum absolute atomic E-state index is 6.12. The molecule has 1 fully saturated rings. The molecule has 0 radical (unpaired) electrons. The van der Waals surface area contributed by atoms with E-state index in [4.69, 9.17) is 4.74 Å². The maximum atomic E-state index is 6.12. The van der Waals surface area contributed by atoms with E-state index in [0.29, 0.717) is 0 Å². The Morgan fingerprint density at radius 3 is 2.70 bits per heavy atom. The van der Waals surface area contributed by atoms with Crippen molar-refractivity contribution in [1.82, 2.24) is 19.8 Å². The molecule has 1 aliphatic rings. The van der Waals surface area contributed by atoms with Crippen LogP contribution in [0.15, 0.2) is 42.5 Å². The van der Waals surface area contributed by atoms with Gasteiger partial charge in [0, 0.05) is 13.1 Å². The lowest BCUT2D eigenvalue weighted by molar-refractivity contribution is -0.0176. The number of anilines is 1. The molecule has 0 N–H and O–H groups in total. The third-order valence-corrected chi connectivity index (χ3v) is 4.16. The van der Waals surface area contributed by atoms with E-state index >= 15 is 0 Å². The molecular formula is C17H19N5O. The van der Waals surface area contributed by atoms with Crippen molar-refractivity contribution in [3.05, 3.63) is 53.9 Å². The van der Waals surface area contributed by atoms with Crippen LogP contribution in [0.3, 0.4) is 0 Å². The molecule has 3 aromatic rings. The standard InChI is InChI=1S/C17H19N5O/c1-12-10-21(11-15(23-12)14-6-4-3-5-7-14)17-9-8-16-19-18-13(2)22(16)20-17/h3-9,12,15H,10-11H2,1-2H3. The Kier molecular flexibility index (Phi) is 3.46. The highest BCUT2D eigenvalue weighted by Gasteiger charge is 2.27. The zero-order valence-corrected chi connectivity index (χ0v) is 13.3. The lowest BCUT2D eigenvalue weighted by atomic mass is 10.1. The second kappa shape index (κ2) is 5.62. The first kappa shape index (κ1) is 14.1. The molecule has 2 aromatic heterocycles. The van der Waals surface area contributed by atoms with Crippen LogP contribution in [0.25, 0.3) is 5.65 Å². The summed E-state index contributed by atoms with van der Waals surface area (Å²) in [7, 11) is 0. The zero-order valence-electron chi connectivity index (χ0n) is 13.3. The number of fused-ring (bicyclic) bond motifs is 1.